The molecule has 1 atom stereocenters. The Labute approximate surface area is 151 Å². The number of carbonyl (C=O) groups is 1. The monoisotopic (exact) mass is 348 g/mol. The second-order valence-electron chi connectivity index (χ2n) is 6.12. The zero-order valence-electron chi connectivity index (χ0n) is 14.4. The van der Waals surface area contributed by atoms with Crippen LogP contribution in [0, 0.1) is 0 Å². The van der Waals surface area contributed by atoms with Crippen molar-refractivity contribution >= 4 is 11.8 Å². The zero-order valence-corrected chi connectivity index (χ0v) is 14.4. The second kappa shape index (κ2) is 7.76. The summed E-state index contributed by atoms with van der Waals surface area (Å²) in [6, 6.07) is 21.9. The van der Waals surface area contributed by atoms with Gasteiger partial charge in [0.2, 0.25) is 0 Å². The number of hydrogen-bond acceptors (Lipinski definition) is 4. The molecule has 1 aromatic heterocycles. The number of nitrogens with zero attached hydrogens (tertiary/aromatic N) is 2. The molecule has 2 amide bonds. The van der Waals surface area contributed by atoms with E-state index in [0.717, 1.165) is 16.8 Å². The number of carbonyl (C=O) groups excluding carboxylic acids is 1. The Hall–Kier alpha value is -3.25. The summed E-state index contributed by atoms with van der Waals surface area (Å²) in [6.07, 6.45) is 0. The minimum atomic E-state index is -1.17. The fourth-order valence-corrected chi connectivity index (χ4v) is 2.47. The molecule has 2 aromatic carbocycles. The highest BCUT2D eigenvalue weighted by Gasteiger charge is 2.23. The average molecular weight is 348 g/mol. The van der Waals surface area contributed by atoms with Crippen molar-refractivity contribution in [1.29, 1.82) is 0 Å². The lowest BCUT2D eigenvalue weighted by atomic mass is 9.96. The van der Waals surface area contributed by atoms with Crippen LogP contribution >= 0.6 is 0 Å². The van der Waals surface area contributed by atoms with Crippen molar-refractivity contribution in [2.24, 2.45) is 0 Å². The lowest BCUT2D eigenvalue weighted by Gasteiger charge is -2.24. The number of urea groups is 1. The summed E-state index contributed by atoms with van der Waals surface area (Å²) < 4.78 is 0. The summed E-state index contributed by atoms with van der Waals surface area (Å²) in [6.45, 7) is 1.72. The minimum absolute atomic E-state index is 0.0678. The van der Waals surface area contributed by atoms with Gasteiger partial charge in [0, 0.05) is 5.56 Å². The van der Waals surface area contributed by atoms with Gasteiger partial charge in [-0.2, -0.15) is 0 Å². The Morgan fingerprint density at radius 2 is 1.62 bits per heavy atom. The van der Waals surface area contributed by atoms with Crippen molar-refractivity contribution in [3.63, 3.8) is 0 Å². The summed E-state index contributed by atoms with van der Waals surface area (Å²) in [7, 11) is 0. The molecule has 0 aliphatic rings. The van der Waals surface area contributed by atoms with Crippen molar-refractivity contribution in [1.82, 2.24) is 15.5 Å². The van der Waals surface area contributed by atoms with E-state index >= 15 is 0 Å². The predicted octanol–water partition coefficient (Wildman–Crippen LogP) is 3.17. The molecule has 3 rings (SSSR count). The smallest absolute Gasteiger partial charge is 0.320 e. The number of hydrogen-bond donors (Lipinski definition) is 3. The van der Waals surface area contributed by atoms with Gasteiger partial charge in [0.15, 0.2) is 5.82 Å². The molecular weight excluding hydrogens is 328 g/mol. The largest absolute Gasteiger partial charge is 0.384 e. The molecule has 6 nitrogen and oxygen atoms in total. The molecule has 0 saturated carbocycles. The zero-order chi connectivity index (χ0) is 18.4. The molecule has 0 aliphatic heterocycles. The van der Waals surface area contributed by atoms with Gasteiger partial charge < -0.3 is 10.4 Å². The normalized spacial score (nSPS) is 12.8. The van der Waals surface area contributed by atoms with Gasteiger partial charge in [-0.05, 0) is 24.6 Å². The summed E-state index contributed by atoms with van der Waals surface area (Å²) in [5, 5.41) is 23.9. The van der Waals surface area contributed by atoms with Crippen LogP contribution in [0.2, 0.25) is 0 Å². The van der Waals surface area contributed by atoms with Gasteiger partial charge in [0.05, 0.1) is 12.2 Å². The Balaban J connectivity index is 1.57. The van der Waals surface area contributed by atoms with Crippen LogP contribution in [0.15, 0.2) is 72.8 Å². The predicted molar refractivity (Wildman–Crippen MR) is 101 cm³/mol. The van der Waals surface area contributed by atoms with Crippen LogP contribution in [0.5, 0.6) is 0 Å². The molecule has 0 radical (unpaired) electrons. The molecule has 0 bridgehead atoms. The van der Waals surface area contributed by atoms with E-state index in [4.69, 9.17) is 0 Å². The van der Waals surface area contributed by atoms with Gasteiger partial charge in [0.25, 0.3) is 0 Å². The number of aromatic nitrogens is 2. The number of nitrogens with one attached hydrogen (secondary N) is 2. The number of aliphatic hydroxyl groups is 1. The molecular formula is C20H20N4O2. The first-order chi connectivity index (χ1) is 12.5. The first-order valence-electron chi connectivity index (χ1n) is 8.26. The van der Waals surface area contributed by atoms with Crippen molar-refractivity contribution < 1.29 is 9.90 Å². The van der Waals surface area contributed by atoms with Gasteiger partial charge in [-0.1, -0.05) is 60.7 Å². The van der Waals surface area contributed by atoms with Crippen LogP contribution in [0.25, 0.3) is 11.3 Å². The standard InChI is InChI=1S/C20H20N4O2/c1-20(26,16-10-6-3-7-11-16)14-21-19(25)22-18-13-12-17(23-24-18)15-8-4-2-5-9-15/h2-13,26H,14H2,1H3,(H2,21,22,24,25). The average Bonchev–Trinajstić information content (AvgIpc) is 2.68. The molecule has 26 heavy (non-hydrogen) atoms. The fraction of sp³-hybridized carbons (Fsp3) is 0.150. The summed E-state index contributed by atoms with van der Waals surface area (Å²) >= 11 is 0. The molecule has 6 heteroatoms. The SMILES string of the molecule is CC(O)(CNC(=O)Nc1ccc(-c2ccccc2)nn1)c1ccccc1. The van der Waals surface area contributed by atoms with Crippen molar-refractivity contribution in [2.75, 3.05) is 11.9 Å². The van der Waals surface area contributed by atoms with Crippen LogP contribution in [-0.4, -0.2) is 27.9 Å². The minimum Gasteiger partial charge on any atom is -0.384 e. The van der Waals surface area contributed by atoms with Gasteiger partial charge in [-0.3, -0.25) is 5.32 Å². The van der Waals surface area contributed by atoms with E-state index in [-0.39, 0.29) is 6.54 Å². The van der Waals surface area contributed by atoms with Crippen molar-refractivity contribution in [3.8, 4) is 11.3 Å². The van der Waals surface area contributed by atoms with E-state index in [0.29, 0.717) is 5.82 Å². The number of amides is 2. The second-order valence-corrected chi connectivity index (χ2v) is 6.12. The topological polar surface area (TPSA) is 87.1 Å². The Morgan fingerprint density at radius 3 is 2.23 bits per heavy atom. The number of anilines is 1. The number of benzene rings is 2. The van der Waals surface area contributed by atoms with Crippen molar-refractivity contribution in [3.05, 3.63) is 78.4 Å². The maximum Gasteiger partial charge on any atom is 0.320 e. The lowest BCUT2D eigenvalue weighted by molar-refractivity contribution is 0.0599. The van der Waals surface area contributed by atoms with Crippen LogP contribution in [0.1, 0.15) is 12.5 Å². The van der Waals surface area contributed by atoms with E-state index < -0.39 is 11.6 Å². The highest BCUT2D eigenvalue weighted by atomic mass is 16.3. The van der Waals surface area contributed by atoms with Crippen LogP contribution < -0.4 is 10.6 Å². The summed E-state index contributed by atoms with van der Waals surface area (Å²) in [4.78, 5) is 12.0. The van der Waals surface area contributed by atoms with E-state index in [2.05, 4.69) is 20.8 Å². The molecule has 1 unspecified atom stereocenters. The Kier molecular flexibility index (Phi) is 5.24. The molecule has 3 N–H and O–H groups in total. The molecule has 0 fully saturated rings. The van der Waals surface area contributed by atoms with Crippen LogP contribution in [0.3, 0.4) is 0 Å². The fourth-order valence-electron chi connectivity index (χ4n) is 2.47. The molecule has 132 valence electrons. The molecule has 0 aliphatic carbocycles. The van der Waals surface area contributed by atoms with E-state index in [1.54, 1.807) is 19.1 Å². The van der Waals surface area contributed by atoms with Crippen molar-refractivity contribution in [2.45, 2.75) is 12.5 Å². The summed E-state index contributed by atoms with van der Waals surface area (Å²) in [5.41, 5.74) is 1.24. The first kappa shape index (κ1) is 17.6. The van der Waals surface area contributed by atoms with E-state index in [1.807, 2.05) is 60.7 Å². The maximum atomic E-state index is 12.0. The third kappa shape index (κ3) is 4.43. The van der Waals surface area contributed by atoms with Crippen LogP contribution in [0.4, 0.5) is 10.6 Å². The third-order valence-corrected chi connectivity index (χ3v) is 3.96. The Bertz CT molecular complexity index is 850. The lowest BCUT2D eigenvalue weighted by Crippen LogP contribution is -2.40. The summed E-state index contributed by atoms with van der Waals surface area (Å²) in [5.74, 6) is 0.335. The van der Waals surface area contributed by atoms with E-state index in [1.165, 1.54) is 0 Å². The maximum absolute atomic E-state index is 12.0. The van der Waals surface area contributed by atoms with Gasteiger partial charge in [0.1, 0.15) is 5.60 Å². The first-order valence-corrected chi connectivity index (χ1v) is 8.26. The molecule has 0 spiro atoms. The highest BCUT2D eigenvalue weighted by Crippen LogP contribution is 2.19. The van der Waals surface area contributed by atoms with Gasteiger partial charge in [-0.15, -0.1) is 10.2 Å². The molecule has 3 aromatic rings. The quantitative estimate of drug-likeness (QED) is 0.661. The highest BCUT2D eigenvalue weighted by molar-refractivity contribution is 5.88. The number of rotatable bonds is 5. The molecule has 1 heterocycles. The third-order valence-electron chi connectivity index (χ3n) is 3.96. The van der Waals surface area contributed by atoms with Gasteiger partial charge in [-0.25, -0.2) is 4.79 Å². The molecule has 0 saturated heterocycles. The van der Waals surface area contributed by atoms with Gasteiger partial charge >= 0.3 is 6.03 Å². The van der Waals surface area contributed by atoms with E-state index in [9.17, 15) is 9.90 Å². The Morgan fingerprint density at radius 1 is 0.962 bits per heavy atom. The van der Waals surface area contributed by atoms with Crippen LogP contribution in [-0.2, 0) is 5.60 Å².